The summed E-state index contributed by atoms with van der Waals surface area (Å²) in [6.45, 7) is 0.686. The lowest BCUT2D eigenvalue weighted by molar-refractivity contribution is 0.312. The molecule has 122 valence electrons. The van der Waals surface area contributed by atoms with E-state index < -0.39 is 21.5 Å². The molecule has 23 heavy (non-hydrogen) atoms. The summed E-state index contributed by atoms with van der Waals surface area (Å²) in [5, 5.41) is 0. The summed E-state index contributed by atoms with van der Waals surface area (Å²) in [6, 6.07) is 6.49. The summed E-state index contributed by atoms with van der Waals surface area (Å²) in [5.74, 6) is -0.565. The maximum Gasteiger partial charge on any atom is 0.345 e. The predicted molar refractivity (Wildman–Crippen MR) is 82.0 cm³/mol. The van der Waals surface area contributed by atoms with Crippen LogP contribution in [0, 0.1) is 5.82 Å². The molecule has 2 heterocycles. The van der Waals surface area contributed by atoms with Crippen molar-refractivity contribution in [3.63, 3.8) is 0 Å². The number of rotatable bonds is 3. The van der Waals surface area contributed by atoms with Crippen LogP contribution in [0.2, 0.25) is 0 Å². The fourth-order valence-electron chi connectivity index (χ4n) is 2.79. The zero-order chi connectivity index (χ0) is 16.4. The molecule has 1 N–H and O–H groups in total. The SMILES string of the molecule is O=c1nccc(C2CCCN(S(=O)(=O)c3ccc(F)cc3)C2)[nH]1. The van der Waals surface area contributed by atoms with Gasteiger partial charge in [0.2, 0.25) is 10.0 Å². The van der Waals surface area contributed by atoms with Crippen molar-refractivity contribution in [1.82, 2.24) is 14.3 Å². The minimum atomic E-state index is -3.67. The second-order valence-corrected chi connectivity index (χ2v) is 7.42. The first-order valence-electron chi connectivity index (χ1n) is 7.28. The topological polar surface area (TPSA) is 83.1 Å². The van der Waals surface area contributed by atoms with Gasteiger partial charge in [-0.2, -0.15) is 4.31 Å². The molecule has 1 unspecified atom stereocenters. The zero-order valence-corrected chi connectivity index (χ0v) is 13.1. The molecule has 1 aromatic heterocycles. The molecule has 0 amide bonds. The van der Waals surface area contributed by atoms with E-state index in [1.54, 1.807) is 6.07 Å². The van der Waals surface area contributed by atoms with Crippen LogP contribution in [0.1, 0.15) is 24.5 Å². The Morgan fingerprint density at radius 3 is 2.65 bits per heavy atom. The monoisotopic (exact) mass is 337 g/mol. The van der Waals surface area contributed by atoms with Crippen molar-refractivity contribution in [1.29, 1.82) is 0 Å². The molecule has 1 aliphatic rings. The lowest BCUT2D eigenvalue weighted by atomic mass is 9.96. The number of halogens is 1. The fourth-order valence-corrected chi connectivity index (χ4v) is 4.31. The number of nitrogens with one attached hydrogen (secondary N) is 1. The van der Waals surface area contributed by atoms with Crippen molar-refractivity contribution in [3.8, 4) is 0 Å². The summed E-state index contributed by atoms with van der Waals surface area (Å²) < 4.78 is 39.7. The van der Waals surface area contributed by atoms with Gasteiger partial charge in [0.15, 0.2) is 0 Å². The van der Waals surface area contributed by atoms with Gasteiger partial charge in [0.25, 0.3) is 0 Å². The Balaban J connectivity index is 1.85. The second-order valence-electron chi connectivity index (χ2n) is 5.49. The van der Waals surface area contributed by atoms with E-state index in [0.717, 1.165) is 18.6 Å². The van der Waals surface area contributed by atoms with E-state index in [1.165, 1.54) is 22.6 Å². The Morgan fingerprint density at radius 2 is 1.96 bits per heavy atom. The van der Waals surface area contributed by atoms with Gasteiger partial charge in [-0.3, -0.25) is 0 Å². The molecule has 6 nitrogen and oxygen atoms in total. The molecular formula is C15H16FN3O3S. The number of aromatic nitrogens is 2. The van der Waals surface area contributed by atoms with Gasteiger partial charge in [0, 0.05) is 30.9 Å². The summed E-state index contributed by atoms with van der Waals surface area (Å²) in [4.78, 5) is 17.6. The minimum absolute atomic E-state index is 0.0720. The number of aromatic amines is 1. The molecule has 1 aromatic carbocycles. The number of nitrogens with zero attached hydrogens (tertiary/aromatic N) is 2. The molecule has 1 atom stereocenters. The van der Waals surface area contributed by atoms with Crippen LogP contribution in [0.3, 0.4) is 0 Å². The minimum Gasteiger partial charge on any atom is -0.309 e. The molecule has 1 aliphatic heterocycles. The number of H-pyrrole nitrogens is 1. The first kappa shape index (κ1) is 15.8. The summed E-state index contributed by atoms with van der Waals surface area (Å²) >= 11 is 0. The van der Waals surface area contributed by atoms with Gasteiger partial charge >= 0.3 is 5.69 Å². The molecule has 0 aliphatic carbocycles. The quantitative estimate of drug-likeness (QED) is 0.919. The predicted octanol–water partition coefficient (Wildman–Crippen LogP) is 1.48. The molecule has 0 bridgehead atoms. The first-order valence-corrected chi connectivity index (χ1v) is 8.72. The van der Waals surface area contributed by atoms with Crippen molar-refractivity contribution in [2.24, 2.45) is 0 Å². The van der Waals surface area contributed by atoms with Crippen molar-refractivity contribution < 1.29 is 12.8 Å². The second kappa shape index (κ2) is 6.21. The van der Waals surface area contributed by atoms with Crippen LogP contribution in [0.5, 0.6) is 0 Å². The van der Waals surface area contributed by atoms with E-state index in [0.29, 0.717) is 18.7 Å². The number of piperidine rings is 1. The molecule has 0 saturated carbocycles. The average Bonchev–Trinajstić information content (AvgIpc) is 2.55. The first-order chi connectivity index (χ1) is 11.0. The molecule has 3 rings (SSSR count). The highest BCUT2D eigenvalue weighted by Crippen LogP contribution is 2.28. The van der Waals surface area contributed by atoms with Gasteiger partial charge in [-0.1, -0.05) is 0 Å². The summed E-state index contributed by atoms with van der Waals surface area (Å²) in [7, 11) is -3.67. The van der Waals surface area contributed by atoms with Gasteiger partial charge in [-0.05, 0) is 43.2 Å². The van der Waals surface area contributed by atoms with Gasteiger partial charge in [-0.25, -0.2) is 22.6 Å². The number of sulfonamides is 1. The lowest BCUT2D eigenvalue weighted by Crippen LogP contribution is -2.39. The van der Waals surface area contributed by atoms with Crippen LogP contribution in [-0.4, -0.2) is 35.8 Å². The van der Waals surface area contributed by atoms with Crippen LogP contribution < -0.4 is 5.69 Å². The Hall–Kier alpha value is -2.06. The van der Waals surface area contributed by atoms with Crippen molar-refractivity contribution in [2.75, 3.05) is 13.1 Å². The molecule has 2 aromatic rings. The maximum atomic E-state index is 13.0. The highest BCUT2D eigenvalue weighted by Gasteiger charge is 2.31. The molecule has 8 heteroatoms. The highest BCUT2D eigenvalue weighted by atomic mass is 32.2. The molecule has 0 radical (unpaired) electrons. The van der Waals surface area contributed by atoms with Crippen LogP contribution >= 0.6 is 0 Å². The third kappa shape index (κ3) is 3.32. The number of hydrogen-bond acceptors (Lipinski definition) is 4. The maximum absolute atomic E-state index is 13.0. The Bertz CT molecular complexity index is 849. The van der Waals surface area contributed by atoms with Crippen molar-refractivity contribution in [2.45, 2.75) is 23.7 Å². The summed E-state index contributed by atoms with van der Waals surface area (Å²) in [5.41, 5.74) is 0.241. The average molecular weight is 337 g/mol. The smallest absolute Gasteiger partial charge is 0.309 e. The van der Waals surface area contributed by atoms with E-state index in [2.05, 4.69) is 9.97 Å². The Morgan fingerprint density at radius 1 is 1.22 bits per heavy atom. The van der Waals surface area contributed by atoms with Gasteiger partial charge < -0.3 is 4.98 Å². The Labute approximate surface area is 133 Å². The van der Waals surface area contributed by atoms with E-state index in [1.807, 2.05) is 0 Å². The fraction of sp³-hybridized carbons (Fsp3) is 0.333. The van der Waals surface area contributed by atoms with Gasteiger partial charge in [-0.15, -0.1) is 0 Å². The standard InChI is InChI=1S/C15H16FN3O3S/c16-12-3-5-13(6-4-12)23(21,22)19-9-1-2-11(10-19)14-7-8-17-15(20)18-14/h3-8,11H,1-2,9-10H2,(H,17,18,20). The Kier molecular flexibility index (Phi) is 4.27. The third-order valence-electron chi connectivity index (χ3n) is 3.97. The van der Waals surface area contributed by atoms with Crippen molar-refractivity contribution >= 4 is 10.0 Å². The van der Waals surface area contributed by atoms with E-state index in [4.69, 9.17) is 0 Å². The van der Waals surface area contributed by atoms with Crippen LogP contribution in [-0.2, 0) is 10.0 Å². The lowest BCUT2D eigenvalue weighted by Gasteiger charge is -2.31. The van der Waals surface area contributed by atoms with Crippen molar-refractivity contribution in [3.05, 3.63) is 58.5 Å². The molecular weight excluding hydrogens is 321 g/mol. The van der Waals surface area contributed by atoms with E-state index >= 15 is 0 Å². The number of hydrogen-bond donors (Lipinski definition) is 1. The van der Waals surface area contributed by atoms with Gasteiger partial charge in [0.05, 0.1) is 4.90 Å². The molecule has 0 spiro atoms. The largest absolute Gasteiger partial charge is 0.345 e. The highest BCUT2D eigenvalue weighted by molar-refractivity contribution is 7.89. The third-order valence-corrected chi connectivity index (χ3v) is 5.85. The van der Waals surface area contributed by atoms with Gasteiger partial charge in [0.1, 0.15) is 5.82 Å². The summed E-state index contributed by atoms with van der Waals surface area (Å²) in [6.07, 6.45) is 2.90. The van der Waals surface area contributed by atoms with E-state index in [-0.39, 0.29) is 17.4 Å². The van der Waals surface area contributed by atoms with Crippen LogP contribution in [0.15, 0.2) is 46.2 Å². The zero-order valence-electron chi connectivity index (χ0n) is 12.3. The molecule has 1 saturated heterocycles. The van der Waals surface area contributed by atoms with Crippen LogP contribution in [0.25, 0.3) is 0 Å². The normalized spacial score (nSPS) is 19.6. The molecule has 1 fully saturated rings. The van der Waals surface area contributed by atoms with Crippen LogP contribution in [0.4, 0.5) is 4.39 Å². The number of benzene rings is 1. The van der Waals surface area contributed by atoms with E-state index in [9.17, 15) is 17.6 Å².